The van der Waals surface area contributed by atoms with Crippen LogP contribution in [0.15, 0.2) is 30.3 Å². The molecule has 0 aromatic heterocycles. The highest BCUT2D eigenvalue weighted by atomic mass is 16.7. The molecule has 15 heavy (non-hydrogen) atoms. The predicted octanol–water partition coefficient (Wildman–Crippen LogP) is 0.924. The molecule has 4 nitrogen and oxygen atoms in total. The van der Waals surface area contributed by atoms with Crippen molar-refractivity contribution in [2.45, 2.75) is 19.6 Å². The number of amides is 1. The van der Waals surface area contributed by atoms with Crippen molar-refractivity contribution >= 4 is 5.91 Å². The first-order valence-electron chi connectivity index (χ1n) is 4.80. The molecular weight excluding hydrogens is 192 g/mol. The fourth-order valence-corrected chi connectivity index (χ4v) is 1.04. The maximum Gasteiger partial charge on any atom is 0.236 e. The summed E-state index contributed by atoms with van der Waals surface area (Å²) in [4.78, 5) is 16.2. The van der Waals surface area contributed by atoms with E-state index in [1.54, 1.807) is 14.0 Å². The Balaban J connectivity index is 2.41. The Hall–Kier alpha value is -1.39. The number of benzene rings is 1. The highest BCUT2D eigenvalue weighted by Gasteiger charge is 2.14. The monoisotopic (exact) mass is 208 g/mol. The molecule has 0 aliphatic heterocycles. The minimum absolute atomic E-state index is 0.398. The second-order valence-electron chi connectivity index (χ2n) is 3.38. The van der Waals surface area contributed by atoms with E-state index >= 15 is 0 Å². The summed E-state index contributed by atoms with van der Waals surface area (Å²) in [6.45, 7) is 2.14. The molecule has 0 bridgehead atoms. The number of carbonyl (C=O) groups is 1. The van der Waals surface area contributed by atoms with Crippen molar-refractivity contribution in [2.24, 2.45) is 5.73 Å². The third kappa shape index (κ3) is 3.69. The van der Waals surface area contributed by atoms with E-state index in [1.165, 1.54) is 5.06 Å². The maximum absolute atomic E-state index is 10.9. The zero-order valence-electron chi connectivity index (χ0n) is 9.01. The Morgan fingerprint density at radius 2 is 2.07 bits per heavy atom. The van der Waals surface area contributed by atoms with Gasteiger partial charge in [-0.2, -0.15) is 5.06 Å². The molecule has 2 N–H and O–H groups in total. The van der Waals surface area contributed by atoms with Gasteiger partial charge in [0, 0.05) is 7.05 Å². The molecule has 1 atom stereocenters. The van der Waals surface area contributed by atoms with Crippen molar-refractivity contribution in [1.29, 1.82) is 0 Å². The molecule has 0 saturated carbocycles. The quantitative estimate of drug-likeness (QED) is 0.732. The van der Waals surface area contributed by atoms with Crippen LogP contribution < -0.4 is 5.73 Å². The van der Waals surface area contributed by atoms with E-state index < -0.39 is 11.9 Å². The molecule has 1 aromatic carbocycles. The zero-order valence-corrected chi connectivity index (χ0v) is 9.01. The van der Waals surface area contributed by atoms with Crippen LogP contribution in [0.4, 0.5) is 0 Å². The Kier molecular flexibility index (Phi) is 4.27. The molecular formula is C11H16N2O2. The minimum Gasteiger partial charge on any atom is -0.368 e. The fourth-order valence-electron chi connectivity index (χ4n) is 1.04. The van der Waals surface area contributed by atoms with Crippen LogP contribution in [0.2, 0.25) is 0 Å². The molecule has 0 spiro atoms. The number of hydrogen-bond donors (Lipinski definition) is 1. The van der Waals surface area contributed by atoms with Gasteiger partial charge in [-0.25, -0.2) is 0 Å². The van der Waals surface area contributed by atoms with Crippen LogP contribution >= 0.6 is 0 Å². The van der Waals surface area contributed by atoms with Crippen LogP contribution in [0.3, 0.4) is 0 Å². The van der Waals surface area contributed by atoms with Crippen LogP contribution in [-0.4, -0.2) is 24.1 Å². The largest absolute Gasteiger partial charge is 0.368 e. The molecule has 1 aromatic rings. The molecule has 0 saturated heterocycles. The molecule has 0 aliphatic rings. The molecule has 82 valence electrons. The van der Waals surface area contributed by atoms with Gasteiger partial charge in [0.15, 0.2) is 0 Å². The van der Waals surface area contributed by atoms with Crippen molar-refractivity contribution in [3.05, 3.63) is 35.9 Å². The van der Waals surface area contributed by atoms with Gasteiger partial charge in [0.2, 0.25) is 5.91 Å². The zero-order chi connectivity index (χ0) is 11.3. The summed E-state index contributed by atoms with van der Waals surface area (Å²) < 4.78 is 0. The number of hydroxylamine groups is 2. The lowest BCUT2D eigenvalue weighted by Gasteiger charge is -2.21. The number of nitrogens with two attached hydrogens (primary N) is 1. The number of likely N-dealkylation sites (N-methyl/N-ethyl adjacent to an activating group) is 1. The lowest BCUT2D eigenvalue weighted by molar-refractivity contribution is -0.179. The Bertz CT molecular complexity index is 314. The van der Waals surface area contributed by atoms with E-state index in [4.69, 9.17) is 10.6 Å². The molecule has 0 heterocycles. The number of nitrogens with zero attached hydrogens (tertiary/aromatic N) is 1. The summed E-state index contributed by atoms with van der Waals surface area (Å²) in [5.74, 6) is -0.398. The first-order chi connectivity index (χ1) is 7.11. The highest BCUT2D eigenvalue weighted by Crippen LogP contribution is 2.03. The lowest BCUT2D eigenvalue weighted by atomic mass is 10.2. The van der Waals surface area contributed by atoms with Crippen molar-refractivity contribution in [3.8, 4) is 0 Å². The van der Waals surface area contributed by atoms with Crippen LogP contribution in [0, 0.1) is 0 Å². The minimum atomic E-state index is -0.422. The van der Waals surface area contributed by atoms with Gasteiger partial charge in [0.1, 0.15) is 6.04 Å². The molecule has 1 rings (SSSR count). The van der Waals surface area contributed by atoms with Crippen molar-refractivity contribution in [3.63, 3.8) is 0 Å². The van der Waals surface area contributed by atoms with Gasteiger partial charge < -0.3 is 5.73 Å². The van der Waals surface area contributed by atoms with Gasteiger partial charge >= 0.3 is 0 Å². The third-order valence-corrected chi connectivity index (χ3v) is 2.23. The van der Waals surface area contributed by atoms with Crippen LogP contribution in [-0.2, 0) is 16.2 Å². The summed E-state index contributed by atoms with van der Waals surface area (Å²) in [6, 6.07) is 9.32. The van der Waals surface area contributed by atoms with Gasteiger partial charge in [-0.05, 0) is 12.5 Å². The molecule has 0 fully saturated rings. The Morgan fingerprint density at radius 1 is 1.47 bits per heavy atom. The van der Waals surface area contributed by atoms with Crippen LogP contribution in [0.1, 0.15) is 12.5 Å². The van der Waals surface area contributed by atoms with E-state index in [2.05, 4.69) is 0 Å². The molecule has 0 aliphatic carbocycles. The van der Waals surface area contributed by atoms with Gasteiger partial charge in [0.25, 0.3) is 0 Å². The standard InChI is InChI=1S/C11H16N2O2/c1-9(11(12)14)13(2)15-8-10-6-4-3-5-7-10/h3-7,9H,8H2,1-2H3,(H2,12,14)/t9-/m1/s1. The van der Waals surface area contributed by atoms with E-state index in [0.29, 0.717) is 6.61 Å². The van der Waals surface area contributed by atoms with Gasteiger partial charge in [-0.15, -0.1) is 0 Å². The van der Waals surface area contributed by atoms with Crippen molar-refractivity contribution < 1.29 is 9.63 Å². The summed E-state index contributed by atoms with van der Waals surface area (Å²) in [5, 5.41) is 1.47. The Morgan fingerprint density at radius 3 is 2.60 bits per heavy atom. The molecule has 4 heteroatoms. The number of primary amides is 1. The average Bonchev–Trinajstić information content (AvgIpc) is 2.26. The normalized spacial score (nSPS) is 12.7. The Labute approximate surface area is 89.6 Å². The second kappa shape index (κ2) is 5.48. The number of carbonyl (C=O) groups excluding carboxylic acids is 1. The fraction of sp³-hybridized carbons (Fsp3) is 0.364. The predicted molar refractivity (Wildman–Crippen MR) is 57.7 cm³/mol. The number of rotatable bonds is 5. The summed E-state index contributed by atoms with van der Waals surface area (Å²) in [7, 11) is 1.69. The first-order valence-corrected chi connectivity index (χ1v) is 4.80. The van der Waals surface area contributed by atoms with Gasteiger partial charge in [-0.1, -0.05) is 30.3 Å². The summed E-state index contributed by atoms with van der Waals surface area (Å²) in [6.07, 6.45) is 0. The van der Waals surface area contributed by atoms with Crippen molar-refractivity contribution in [2.75, 3.05) is 7.05 Å². The van der Waals surface area contributed by atoms with Gasteiger partial charge in [0.05, 0.1) is 6.61 Å². The second-order valence-corrected chi connectivity index (χ2v) is 3.38. The maximum atomic E-state index is 10.9. The van der Waals surface area contributed by atoms with E-state index in [9.17, 15) is 4.79 Å². The highest BCUT2D eigenvalue weighted by molar-refractivity contribution is 5.79. The molecule has 0 unspecified atom stereocenters. The third-order valence-electron chi connectivity index (χ3n) is 2.23. The van der Waals surface area contributed by atoms with Gasteiger partial charge in [-0.3, -0.25) is 9.63 Å². The van der Waals surface area contributed by atoms with Crippen LogP contribution in [0.5, 0.6) is 0 Å². The molecule has 0 radical (unpaired) electrons. The van der Waals surface area contributed by atoms with E-state index in [-0.39, 0.29) is 0 Å². The van der Waals surface area contributed by atoms with Crippen LogP contribution in [0.25, 0.3) is 0 Å². The topological polar surface area (TPSA) is 55.6 Å². The van der Waals surface area contributed by atoms with E-state index in [1.807, 2.05) is 30.3 Å². The van der Waals surface area contributed by atoms with Crippen molar-refractivity contribution in [1.82, 2.24) is 5.06 Å². The lowest BCUT2D eigenvalue weighted by Crippen LogP contribution is -2.40. The number of hydrogen-bond acceptors (Lipinski definition) is 3. The summed E-state index contributed by atoms with van der Waals surface area (Å²) in [5.41, 5.74) is 6.20. The first kappa shape index (κ1) is 11.7. The van der Waals surface area contributed by atoms with E-state index in [0.717, 1.165) is 5.56 Å². The SMILES string of the molecule is C[C@H](C(N)=O)N(C)OCc1ccccc1. The average molecular weight is 208 g/mol. The smallest absolute Gasteiger partial charge is 0.236 e. The summed E-state index contributed by atoms with van der Waals surface area (Å²) >= 11 is 0. The molecule has 1 amide bonds.